The van der Waals surface area contributed by atoms with Crippen molar-refractivity contribution in [1.29, 1.82) is 0 Å². The third-order valence-corrected chi connectivity index (χ3v) is 5.04. The van der Waals surface area contributed by atoms with Gasteiger partial charge in [0, 0.05) is 44.1 Å². The third kappa shape index (κ3) is 3.60. The van der Waals surface area contributed by atoms with Crippen LogP contribution in [0.5, 0.6) is 5.75 Å². The molecular formula is C14H18BN5O3S. The van der Waals surface area contributed by atoms with Crippen LogP contribution in [0.25, 0.3) is 10.9 Å². The van der Waals surface area contributed by atoms with Crippen LogP contribution in [0.15, 0.2) is 24.5 Å². The molecule has 0 atom stereocenters. The molecule has 2 aromatic rings. The lowest BCUT2D eigenvalue weighted by Crippen LogP contribution is -2.39. The molecule has 0 bridgehead atoms. The van der Waals surface area contributed by atoms with Gasteiger partial charge in [0.05, 0.1) is 5.52 Å². The number of aromatic nitrogens is 2. The lowest BCUT2D eigenvalue weighted by Gasteiger charge is -2.23. The first kappa shape index (κ1) is 16.9. The maximum Gasteiger partial charge on any atom is 0.276 e. The van der Waals surface area contributed by atoms with Crippen molar-refractivity contribution in [2.45, 2.75) is 6.42 Å². The molecule has 2 radical (unpaired) electrons. The number of ether oxygens (including phenoxy) is 1. The summed E-state index contributed by atoms with van der Waals surface area (Å²) in [5, 5.41) is 6.11. The lowest BCUT2D eigenvalue weighted by atomic mass is 10.2. The molecule has 0 unspecified atom stereocenters. The van der Waals surface area contributed by atoms with Gasteiger partial charge < -0.3 is 9.64 Å². The average Bonchev–Trinajstić information content (AvgIpc) is 2.80. The first-order valence-corrected chi connectivity index (χ1v) is 9.10. The molecule has 1 aliphatic heterocycles. The van der Waals surface area contributed by atoms with E-state index in [1.807, 2.05) is 18.2 Å². The van der Waals surface area contributed by atoms with Crippen molar-refractivity contribution in [3.05, 3.63) is 24.5 Å². The van der Waals surface area contributed by atoms with Crippen molar-refractivity contribution in [2.24, 2.45) is 5.14 Å². The minimum atomic E-state index is -3.66. The SMILES string of the molecule is [B]COc1ccc2c(N3CCCN(S(N)(=O)=O)CC3)ncnc2c1. The van der Waals surface area contributed by atoms with Crippen LogP contribution in [0, 0.1) is 0 Å². The number of nitrogens with zero attached hydrogens (tertiary/aromatic N) is 4. The molecule has 0 aliphatic carbocycles. The van der Waals surface area contributed by atoms with Gasteiger partial charge >= 0.3 is 0 Å². The standard InChI is InChI=1S/C14H18BN5O3S/c15-9-23-11-2-3-12-13(8-11)17-10-18-14(12)19-4-1-5-20(7-6-19)24(16,21)22/h2-3,8,10H,1,4-7,9H2,(H2,16,21,22). The van der Waals surface area contributed by atoms with Crippen molar-refractivity contribution in [3.63, 3.8) is 0 Å². The van der Waals surface area contributed by atoms with Gasteiger partial charge in [0.25, 0.3) is 10.2 Å². The highest BCUT2D eigenvalue weighted by Crippen LogP contribution is 2.27. The third-order valence-electron chi connectivity index (χ3n) is 3.95. The van der Waals surface area contributed by atoms with E-state index in [4.69, 9.17) is 17.7 Å². The van der Waals surface area contributed by atoms with E-state index in [1.165, 1.54) is 10.6 Å². The topological polar surface area (TPSA) is 102 Å². The van der Waals surface area contributed by atoms with Gasteiger partial charge in [-0.3, -0.25) is 0 Å². The van der Waals surface area contributed by atoms with Crippen LogP contribution in [0.2, 0.25) is 0 Å². The highest BCUT2D eigenvalue weighted by atomic mass is 32.2. The van der Waals surface area contributed by atoms with Gasteiger partial charge in [-0.2, -0.15) is 12.7 Å². The van der Waals surface area contributed by atoms with Crippen molar-refractivity contribution in [2.75, 3.05) is 37.6 Å². The summed E-state index contributed by atoms with van der Waals surface area (Å²) in [6, 6.07) is 5.51. The number of fused-ring (bicyclic) bond motifs is 1. The Labute approximate surface area is 142 Å². The molecule has 0 amide bonds. The maximum atomic E-state index is 11.5. The number of rotatable bonds is 4. The average molecular weight is 347 g/mol. The van der Waals surface area contributed by atoms with Crippen molar-refractivity contribution < 1.29 is 13.2 Å². The van der Waals surface area contributed by atoms with Crippen LogP contribution >= 0.6 is 0 Å². The van der Waals surface area contributed by atoms with Crippen molar-refractivity contribution >= 4 is 34.8 Å². The van der Waals surface area contributed by atoms with Gasteiger partial charge in [0.15, 0.2) is 0 Å². The van der Waals surface area contributed by atoms with Crippen LogP contribution in [0.1, 0.15) is 6.42 Å². The summed E-state index contributed by atoms with van der Waals surface area (Å²) in [7, 11) is 1.73. The van der Waals surface area contributed by atoms with Crippen LogP contribution in [-0.2, 0) is 10.2 Å². The highest BCUT2D eigenvalue weighted by Gasteiger charge is 2.23. The van der Waals surface area contributed by atoms with E-state index in [-0.39, 0.29) is 6.51 Å². The number of benzene rings is 1. The molecule has 1 saturated heterocycles. The van der Waals surface area contributed by atoms with E-state index in [9.17, 15) is 8.42 Å². The molecule has 0 spiro atoms. The van der Waals surface area contributed by atoms with E-state index in [0.717, 1.165) is 16.7 Å². The molecule has 1 aliphatic rings. The fourth-order valence-corrected chi connectivity index (χ4v) is 3.54. The summed E-state index contributed by atoms with van der Waals surface area (Å²) < 4.78 is 29.6. The quantitative estimate of drug-likeness (QED) is 0.772. The molecule has 2 heterocycles. The summed E-state index contributed by atoms with van der Waals surface area (Å²) in [5.74, 6) is 1.42. The van der Waals surface area contributed by atoms with Gasteiger partial charge in [0.1, 0.15) is 25.7 Å². The molecule has 8 nitrogen and oxygen atoms in total. The summed E-state index contributed by atoms with van der Waals surface area (Å²) in [6.07, 6.45) is 2.17. The molecule has 2 N–H and O–H groups in total. The zero-order chi connectivity index (χ0) is 17.2. The van der Waals surface area contributed by atoms with Gasteiger partial charge in [-0.05, 0) is 18.6 Å². The smallest absolute Gasteiger partial charge is 0.276 e. The molecule has 1 aromatic heterocycles. The van der Waals surface area contributed by atoms with Crippen LogP contribution < -0.4 is 14.8 Å². The normalized spacial score (nSPS) is 17.0. The number of anilines is 1. The summed E-state index contributed by atoms with van der Waals surface area (Å²) >= 11 is 0. The predicted octanol–water partition coefficient (Wildman–Crippen LogP) is -0.150. The largest absolute Gasteiger partial charge is 0.503 e. The number of hydrogen-bond donors (Lipinski definition) is 1. The van der Waals surface area contributed by atoms with Crippen molar-refractivity contribution in [1.82, 2.24) is 14.3 Å². The Morgan fingerprint density at radius 2 is 2.04 bits per heavy atom. The molecule has 126 valence electrons. The summed E-state index contributed by atoms with van der Waals surface area (Å²) in [5.41, 5.74) is 0.749. The van der Waals surface area contributed by atoms with Crippen molar-refractivity contribution in [3.8, 4) is 5.75 Å². The molecule has 1 fully saturated rings. The van der Waals surface area contributed by atoms with E-state index in [2.05, 4.69) is 14.9 Å². The minimum absolute atomic E-state index is 0.0962. The Morgan fingerprint density at radius 3 is 2.79 bits per heavy atom. The fourth-order valence-electron chi connectivity index (χ4n) is 2.82. The number of nitrogens with two attached hydrogens (primary N) is 1. The maximum absolute atomic E-state index is 11.5. The summed E-state index contributed by atoms with van der Waals surface area (Å²) in [4.78, 5) is 10.7. The molecule has 1 aromatic carbocycles. The van der Waals surface area contributed by atoms with Gasteiger partial charge in [0.2, 0.25) is 0 Å². The Morgan fingerprint density at radius 1 is 1.21 bits per heavy atom. The van der Waals surface area contributed by atoms with Crippen LogP contribution in [0.4, 0.5) is 5.82 Å². The molecule has 0 saturated carbocycles. The Bertz CT molecular complexity index is 832. The van der Waals surface area contributed by atoms with Gasteiger partial charge in [-0.1, -0.05) is 0 Å². The van der Waals surface area contributed by atoms with E-state index in [0.29, 0.717) is 38.3 Å². The Balaban J connectivity index is 1.89. The van der Waals surface area contributed by atoms with E-state index < -0.39 is 10.2 Å². The van der Waals surface area contributed by atoms with Crippen LogP contribution in [-0.4, -0.2) is 63.2 Å². The second-order valence-electron chi connectivity index (χ2n) is 5.47. The van der Waals surface area contributed by atoms with Crippen LogP contribution in [0.3, 0.4) is 0 Å². The monoisotopic (exact) mass is 347 g/mol. The molecule has 24 heavy (non-hydrogen) atoms. The minimum Gasteiger partial charge on any atom is -0.503 e. The lowest BCUT2D eigenvalue weighted by molar-refractivity contribution is 0.388. The Kier molecular flexibility index (Phi) is 4.88. The predicted molar refractivity (Wildman–Crippen MR) is 92.3 cm³/mol. The first-order chi connectivity index (χ1) is 11.5. The van der Waals surface area contributed by atoms with E-state index >= 15 is 0 Å². The molecular weight excluding hydrogens is 329 g/mol. The zero-order valence-corrected chi connectivity index (χ0v) is 13.9. The second-order valence-corrected chi connectivity index (χ2v) is 7.02. The van der Waals surface area contributed by atoms with Gasteiger partial charge in [-0.25, -0.2) is 15.1 Å². The second kappa shape index (κ2) is 6.92. The number of hydrogen-bond acceptors (Lipinski definition) is 6. The fraction of sp³-hybridized carbons (Fsp3) is 0.429. The van der Waals surface area contributed by atoms with Gasteiger partial charge in [-0.15, -0.1) is 0 Å². The van der Waals surface area contributed by atoms with E-state index in [1.54, 1.807) is 0 Å². The highest BCUT2D eigenvalue weighted by molar-refractivity contribution is 7.86. The molecule has 10 heteroatoms. The zero-order valence-electron chi connectivity index (χ0n) is 13.1. The summed E-state index contributed by atoms with van der Waals surface area (Å²) in [6.45, 7) is 2.05. The Hall–Kier alpha value is -1.91. The molecule has 3 rings (SSSR count). The first-order valence-electron chi connectivity index (χ1n) is 7.59.